The van der Waals surface area contributed by atoms with Gasteiger partial charge in [0.25, 0.3) is 0 Å². The van der Waals surface area contributed by atoms with Gasteiger partial charge in [-0.05, 0) is 24.1 Å². The Hall–Kier alpha value is -1.84. The molecule has 0 radical (unpaired) electrons. The number of methoxy groups -OCH3 is 2. The van der Waals surface area contributed by atoms with Crippen molar-refractivity contribution in [3.63, 3.8) is 0 Å². The number of carbonyl (C=O) groups is 1. The van der Waals surface area contributed by atoms with Crippen molar-refractivity contribution < 1.29 is 18.7 Å². The molecule has 1 rings (SSSR count). The zero-order chi connectivity index (χ0) is 12.1. The van der Waals surface area contributed by atoms with Gasteiger partial charge < -0.3 is 9.47 Å². The predicted molar refractivity (Wildman–Crippen MR) is 58.1 cm³/mol. The maximum Gasteiger partial charge on any atom is 0.341 e. The fourth-order valence-corrected chi connectivity index (χ4v) is 1.35. The van der Waals surface area contributed by atoms with Crippen molar-refractivity contribution >= 4 is 11.5 Å². The van der Waals surface area contributed by atoms with Crippen LogP contribution in [0.2, 0.25) is 0 Å². The summed E-state index contributed by atoms with van der Waals surface area (Å²) in [6.07, 6.45) is 1.24. The van der Waals surface area contributed by atoms with Gasteiger partial charge in [-0.25, -0.2) is 9.18 Å². The highest BCUT2D eigenvalue weighted by molar-refractivity contribution is 6.16. The number of hydrogen-bond acceptors (Lipinski definition) is 3. The van der Waals surface area contributed by atoms with Gasteiger partial charge in [0.15, 0.2) is 0 Å². The van der Waals surface area contributed by atoms with Crippen LogP contribution in [0, 0.1) is 12.7 Å². The Morgan fingerprint density at radius 1 is 1.38 bits per heavy atom. The molecule has 0 atom stereocenters. The van der Waals surface area contributed by atoms with Gasteiger partial charge in [0, 0.05) is 0 Å². The molecule has 0 saturated carbocycles. The Kier molecular flexibility index (Phi) is 4.05. The van der Waals surface area contributed by atoms with Gasteiger partial charge in [-0.15, -0.1) is 0 Å². The van der Waals surface area contributed by atoms with E-state index in [2.05, 4.69) is 4.74 Å². The van der Waals surface area contributed by atoms with E-state index in [1.54, 1.807) is 13.0 Å². The summed E-state index contributed by atoms with van der Waals surface area (Å²) in [4.78, 5) is 11.5. The van der Waals surface area contributed by atoms with Gasteiger partial charge in [-0.2, -0.15) is 0 Å². The molecular weight excluding hydrogens is 211 g/mol. The lowest BCUT2D eigenvalue weighted by molar-refractivity contribution is -0.133. The van der Waals surface area contributed by atoms with Gasteiger partial charge in [-0.1, -0.05) is 12.1 Å². The maximum atomic E-state index is 13.3. The monoisotopic (exact) mass is 224 g/mol. The molecule has 0 aromatic heterocycles. The standard InChI is InChI=1S/C12H13FO3/c1-8-9(5-4-6-11(8)13)10(7-15-2)12(14)16-3/h4-7H,1-3H3/b10-7+. The van der Waals surface area contributed by atoms with Crippen LogP contribution in [0.3, 0.4) is 0 Å². The lowest BCUT2D eigenvalue weighted by atomic mass is 10.0. The molecule has 1 aromatic rings. The normalized spacial score (nSPS) is 11.1. The molecule has 0 heterocycles. The van der Waals surface area contributed by atoms with Crippen molar-refractivity contribution in [3.05, 3.63) is 41.4 Å². The summed E-state index contributed by atoms with van der Waals surface area (Å²) >= 11 is 0. The number of hydrogen-bond donors (Lipinski definition) is 0. The summed E-state index contributed by atoms with van der Waals surface area (Å²) in [6, 6.07) is 4.50. The smallest absolute Gasteiger partial charge is 0.341 e. The average Bonchev–Trinajstić information content (AvgIpc) is 2.29. The first-order valence-corrected chi connectivity index (χ1v) is 4.68. The minimum atomic E-state index is -0.560. The van der Waals surface area contributed by atoms with E-state index >= 15 is 0 Å². The molecule has 0 bridgehead atoms. The van der Waals surface area contributed by atoms with E-state index in [9.17, 15) is 9.18 Å². The Labute approximate surface area is 93.5 Å². The molecule has 0 unspecified atom stereocenters. The number of ether oxygens (including phenoxy) is 2. The third-order valence-corrected chi connectivity index (χ3v) is 2.20. The van der Waals surface area contributed by atoms with Crippen LogP contribution in [0.25, 0.3) is 5.57 Å². The minimum Gasteiger partial charge on any atom is -0.503 e. The number of benzene rings is 1. The molecule has 86 valence electrons. The summed E-state index contributed by atoms with van der Waals surface area (Å²) in [6.45, 7) is 1.59. The minimum absolute atomic E-state index is 0.196. The van der Waals surface area contributed by atoms with Crippen LogP contribution in [0.1, 0.15) is 11.1 Å². The number of esters is 1. The molecular formula is C12H13FO3. The highest BCUT2D eigenvalue weighted by Crippen LogP contribution is 2.22. The number of carbonyl (C=O) groups excluding carboxylic acids is 1. The van der Waals surface area contributed by atoms with Crippen molar-refractivity contribution in [3.8, 4) is 0 Å². The van der Waals surface area contributed by atoms with Crippen LogP contribution in [-0.4, -0.2) is 20.2 Å². The van der Waals surface area contributed by atoms with E-state index in [0.717, 1.165) is 0 Å². The van der Waals surface area contributed by atoms with Crippen LogP contribution < -0.4 is 0 Å². The molecule has 16 heavy (non-hydrogen) atoms. The van der Waals surface area contributed by atoms with E-state index < -0.39 is 5.97 Å². The zero-order valence-electron chi connectivity index (χ0n) is 9.41. The Bertz CT molecular complexity index is 424. The van der Waals surface area contributed by atoms with Gasteiger partial charge in [0.2, 0.25) is 0 Å². The molecule has 0 aliphatic carbocycles. The summed E-state index contributed by atoms with van der Waals surface area (Å²) in [5.41, 5.74) is 1.05. The molecule has 3 nitrogen and oxygen atoms in total. The van der Waals surface area contributed by atoms with Gasteiger partial charge in [-0.3, -0.25) is 0 Å². The van der Waals surface area contributed by atoms with Crippen LogP contribution in [0.15, 0.2) is 24.5 Å². The van der Waals surface area contributed by atoms with Crippen LogP contribution in [0.5, 0.6) is 0 Å². The van der Waals surface area contributed by atoms with E-state index in [4.69, 9.17) is 4.74 Å². The summed E-state index contributed by atoms with van der Waals surface area (Å²) in [5, 5.41) is 0. The van der Waals surface area contributed by atoms with Gasteiger partial charge in [0.05, 0.1) is 20.5 Å². The molecule has 0 saturated heterocycles. The van der Waals surface area contributed by atoms with Crippen molar-refractivity contribution in [2.75, 3.05) is 14.2 Å². The largest absolute Gasteiger partial charge is 0.503 e. The molecule has 0 aliphatic heterocycles. The van der Waals surface area contributed by atoms with Gasteiger partial charge in [0.1, 0.15) is 11.4 Å². The third kappa shape index (κ3) is 2.39. The maximum absolute atomic E-state index is 13.3. The first kappa shape index (κ1) is 12.2. The van der Waals surface area contributed by atoms with Crippen molar-refractivity contribution in [2.45, 2.75) is 6.92 Å². The predicted octanol–water partition coefficient (Wildman–Crippen LogP) is 2.29. The van der Waals surface area contributed by atoms with E-state index in [-0.39, 0.29) is 11.4 Å². The molecule has 0 N–H and O–H groups in total. The summed E-state index contributed by atoms with van der Waals surface area (Å²) in [5.74, 6) is -0.932. The van der Waals surface area contributed by atoms with Crippen molar-refractivity contribution in [2.24, 2.45) is 0 Å². The number of halogens is 1. The molecule has 4 heteroatoms. The highest BCUT2D eigenvalue weighted by Gasteiger charge is 2.16. The molecule has 0 spiro atoms. The number of rotatable bonds is 3. The second-order valence-electron chi connectivity index (χ2n) is 3.17. The average molecular weight is 224 g/mol. The van der Waals surface area contributed by atoms with Crippen molar-refractivity contribution in [1.29, 1.82) is 0 Å². The van der Waals surface area contributed by atoms with Crippen LogP contribution in [0.4, 0.5) is 4.39 Å². The van der Waals surface area contributed by atoms with Gasteiger partial charge >= 0.3 is 5.97 Å². The first-order chi connectivity index (χ1) is 7.61. The lowest BCUT2D eigenvalue weighted by Crippen LogP contribution is -2.06. The van der Waals surface area contributed by atoms with E-state index in [1.165, 1.54) is 32.6 Å². The Morgan fingerprint density at radius 3 is 2.62 bits per heavy atom. The fraction of sp³-hybridized carbons (Fsp3) is 0.250. The Morgan fingerprint density at radius 2 is 2.06 bits per heavy atom. The van der Waals surface area contributed by atoms with E-state index in [0.29, 0.717) is 11.1 Å². The third-order valence-electron chi connectivity index (χ3n) is 2.20. The zero-order valence-corrected chi connectivity index (χ0v) is 9.41. The Balaban J connectivity index is 3.27. The topological polar surface area (TPSA) is 35.5 Å². The van der Waals surface area contributed by atoms with Crippen molar-refractivity contribution in [1.82, 2.24) is 0 Å². The first-order valence-electron chi connectivity index (χ1n) is 4.68. The van der Waals surface area contributed by atoms with Crippen LogP contribution >= 0.6 is 0 Å². The fourth-order valence-electron chi connectivity index (χ4n) is 1.35. The quantitative estimate of drug-likeness (QED) is 0.449. The molecule has 1 aromatic carbocycles. The summed E-state index contributed by atoms with van der Waals surface area (Å²) in [7, 11) is 2.68. The second-order valence-corrected chi connectivity index (χ2v) is 3.17. The highest BCUT2D eigenvalue weighted by atomic mass is 19.1. The van der Waals surface area contributed by atoms with Crippen LogP contribution in [-0.2, 0) is 14.3 Å². The molecule has 0 aliphatic rings. The lowest BCUT2D eigenvalue weighted by Gasteiger charge is -2.08. The second kappa shape index (κ2) is 5.30. The summed E-state index contributed by atoms with van der Waals surface area (Å²) < 4.78 is 22.7. The van der Waals surface area contributed by atoms with E-state index in [1.807, 2.05) is 0 Å². The SMILES string of the molecule is CO/C=C(/C(=O)OC)c1cccc(F)c1C. The molecule has 0 fully saturated rings. The molecule has 0 amide bonds.